The SMILES string of the molecule is Cc1[nH]ccc1C(C[N+](=O)[O-])c1ccccc1. The molecule has 4 heteroatoms. The fourth-order valence-electron chi connectivity index (χ4n) is 2.06. The summed E-state index contributed by atoms with van der Waals surface area (Å²) in [6.07, 6.45) is 1.82. The first-order valence-electron chi connectivity index (χ1n) is 5.49. The zero-order valence-corrected chi connectivity index (χ0v) is 9.59. The van der Waals surface area contributed by atoms with Crippen LogP contribution in [0.15, 0.2) is 42.6 Å². The van der Waals surface area contributed by atoms with Crippen LogP contribution in [0.25, 0.3) is 0 Å². The minimum Gasteiger partial charge on any atom is -0.365 e. The maximum Gasteiger partial charge on any atom is 0.214 e. The molecule has 1 aromatic heterocycles. The van der Waals surface area contributed by atoms with E-state index in [2.05, 4.69) is 4.98 Å². The zero-order chi connectivity index (χ0) is 12.3. The van der Waals surface area contributed by atoms with Crippen LogP contribution >= 0.6 is 0 Å². The van der Waals surface area contributed by atoms with E-state index in [0.29, 0.717) is 0 Å². The highest BCUT2D eigenvalue weighted by Crippen LogP contribution is 2.26. The molecule has 0 radical (unpaired) electrons. The van der Waals surface area contributed by atoms with Crippen molar-refractivity contribution in [2.75, 3.05) is 6.54 Å². The Labute approximate surface area is 99.4 Å². The number of nitrogens with one attached hydrogen (secondary N) is 1. The van der Waals surface area contributed by atoms with Gasteiger partial charge in [0.1, 0.15) is 0 Å². The largest absolute Gasteiger partial charge is 0.365 e. The lowest BCUT2D eigenvalue weighted by Gasteiger charge is -2.13. The number of aryl methyl sites for hydroxylation is 1. The fraction of sp³-hybridized carbons (Fsp3) is 0.231. The molecule has 0 aliphatic carbocycles. The highest BCUT2D eigenvalue weighted by atomic mass is 16.6. The van der Waals surface area contributed by atoms with Gasteiger partial charge in [0.2, 0.25) is 6.54 Å². The predicted molar refractivity (Wildman–Crippen MR) is 65.7 cm³/mol. The van der Waals surface area contributed by atoms with E-state index in [-0.39, 0.29) is 17.4 Å². The van der Waals surface area contributed by atoms with Gasteiger partial charge in [-0.2, -0.15) is 0 Å². The minimum absolute atomic E-state index is 0.0806. The topological polar surface area (TPSA) is 58.9 Å². The van der Waals surface area contributed by atoms with Crippen LogP contribution in [0.2, 0.25) is 0 Å². The Morgan fingerprint density at radius 1 is 1.29 bits per heavy atom. The summed E-state index contributed by atoms with van der Waals surface area (Å²) in [4.78, 5) is 13.6. The Morgan fingerprint density at radius 3 is 2.53 bits per heavy atom. The molecule has 0 aliphatic heterocycles. The highest BCUT2D eigenvalue weighted by Gasteiger charge is 2.21. The molecule has 0 fully saturated rings. The van der Waals surface area contributed by atoms with E-state index in [9.17, 15) is 10.1 Å². The molecule has 1 heterocycles. The van der Waals surface area contributed by atoms with Crippen molar-refractivity contribution in [3.8, 4) is 0 Å². The van der Waals surface area contributed by atoms with Crippen LogP contribution in [0.5, 0.6) is 0 Å². The Balaban J connectivity index is 2.39. The second-order valence-corrected chi connectivity index (χ2v) is 4.04. The fourth-order valence-corrected chi connectivity index (χ4v) is 2.06. The smallest absolute Gasteiger partial charge is 0.214 e. The maximum absolute atomic E-state index is 10.8. The molecule has 0 spiro atoms. The van der Waals surface area contributed by atoms with Crippen LogP contribution in [0.3, 0.4) is 0 Å². The second-order valence-electron chi connectivity index (χ2n) is 4.04. The Hall–Kier alpha value is -2.10. The highest BCUT2D eigenvalue weighted by molar-refractivity contribution is 5.34. The number of H-pyrrole nitrogens is 1. The van der Waals surface area contributed by atoms with Crippen molar-refractivity contribution in [3.63, 3.8) is 0 Å². The molecule has 2 aromatic rings. The quantitative estimate of drug-likeness (QED) is 0.648. The van der Waals surface area contributed by atoms with E-state index in [1.165, 1.54) is 0 Å². The van der Waals surface area contributed by atoms with Crippen LogP contribution in [0, 0.1) is 17.0 Å². The van der Waals surface area contributed by atoms with Gasteiger partial charge in [0.15, 0.2) is 0 Å². The summed E-state index contributed by atoms with van der Waals surface area (Å²) in [5.41, 5.74) is 2.96. The van der Waals surface area contributed by atoms with Gasteiger partial charge in [-0.25, -0.2) is 0 Å². The summed E-state index contributed by atoms with van der Waals surface area (Å²) in [6, 6.07) is 11.5. The van der Waals surface area contributed by atoms with Crippen molar-refractivity contribution in [1.29, 1.82) is 0 Å². The maximum atomic E-state index is 10.8. The predicted octanol–water partition coefficient (Wildman–Crippen LogP) is 2.73. The van der Waals surface area contributed by atoms with E-state index >= 15 is 0 Å². The molecule has 1 atom stereocenters. The molecule has 1 unspecified atom stereocenters. The molecule has 0 saturated carbocycles. The van der Waals surface area contributed by atoms with Gasteiger partial charge in [0, 0.05) is 16.8 Å². The van der Waals surface area contributed by atoms with Crippen molar-refractivity contribution in [2.45, 2.75) is 12.8 Å². The lowest BCUT2D eigenvalue weighted by atomic mass is 9.91. The van der Waals surface area contributed by atoms with Gasteiger partial charge in [-0.05, 0) is 24.1 Å². The van der Waals surface area contributed by atoms with E-state index in [4.69, 9.17) is 0 Å². The lowest BCUT2D eigenvalue weighted by Crippen LogP contribution is -2.14. The molecular weight excluding hydrogens is 216 g/mol. The van der Waals surface area contributed by atoms with Gasteiger partial charge in [-0.1, -0.05) is 30.3 Å². The van der Waals surface area contributed by atoms with Gasteiger partial charge < -0.3 is 4.98 Å². The van der Waals surface area contributed by atoms with Crippen LogP contribution < -0.4 is 0 Å². The van der Waals surface area contributed by atoms with Crippen molar-refractivity contribution in [1.82, 2.24) is 4.98 Å². The van der Waals surface area contributed by atoms with E-state index < -0.39 is 0 Å². The van der Waals surface area contributed by atoms with Gasteiger partial charge in [-0.15, -0.1) is 0 Å². The third-order valence-electron chi connectivity index (χ3n) is 2.90. The van der Waals surface area contributed by atoms with E-state index in [1.54, 1.807) is 0 Å². The van der Waals surface area contributed by atoms with E-state index in [0.717, 1.165) is 16.8 Å². The number of nitro groups is 1. The Bertz CT molecular complexity index is 505. The second kappa shape index (κ2) is 4.82. The molecule has 0 bridgehead atoms. The monoisotopic (exact) mass is 230 g/mol. The molecule has 0 aliphatic rings. The lowest BCUT2D eigenvalue weighted by molar-refractivity contribution is -0.481. The third kappa shape index (κ3) is 2.53. The van der Waals surface area contributed by atoms with Gasteiger partial charge >= 0.3 is 0 Å². The molecule has 4 nitrogen and oxygen atoms in total. The van der Waals surface area contributed by atoms with Gasteiger partial charge in [0.05, 0.1) is 5.92 Å². The van der Waals surface area contributed by atoms with Gasteiger partial charge in [-0.3, -0.25) is 10.1 Å². The summed E-state index contributed by atoms with van der Waals surface area (Å²) in [5, 5.41) is 10.8. The first-order valence-corrected chi connectivity index (χ1v) is 5.49. The number of hydrogen-bond donors (Lipinski definition) is 1. The molecule has 17 heavy (non-hydrogen) atoms. The van der Waals surface area contributed by atoms with Crippen LogP contribution in [-0.4, -0.2) is 16.5 Å². The molecule has 0 saturated heterocycles. The van der Waals surface area contributed by atoms with Crippen molar-refractivity contribution in [2.24, 2.45) is 0 Å². The van der Waals surface area contributed by atoms with E-state index in [1.807, 2.05) is 49.5 Å². The van der Waals surface area contributed by atoms with Crippen molar-refractivity contribution in [3.05, 3.63) is 69.5 Å². The van der Waals surface area contributed by atoms with Crippen molar-refractivity contribution < 1.29 is 4.92 Å². The average Bonchev–Trinajstić information content (AvgIpc) is 2.73. The van der Waals surface area contributed by atoms with Crippen LogP contribution in [0.1, 0.15) is 22.7 Å². The first-order chi connectivity index (χ1) is 8.18. The molecule has 0 amide bonds. The Morgan fingerprint density at radius 2 is 2.00 bits per heavy atom. The molecule has 2 rings (SSSR count). The summed E-state index contributed by atoms with van der Waals surface area (Å²) in [7, 11) is 0. The third-order valence-corrected chi connectivity index (χ3v) is 2.90. The number of benzene rings is 1. The summed E-state index contributed by atoms with van der Waals surface area (Å²) in [6.45, 7) is 1.86. The molecular formula is C13H14N2O2. The van der Waals surface area contributed by atoms with Gasteiger partial charge in [0.25, 0.3) is 0 Å². The molecule has 1 N–H and O–H groups in total. The summed E-state index contributed by atoms with van der Waals surface area (Å²) >= 11 is 0. The normalized spacial score (nSPS) is 12.3. The summed E-state index contributed by atoms with van der Waals surface area (Å²) < 4.78 is 0. The van der Waals surface area contributed by atoms with Crippen LogP contribution in [-0.2, 0) is 0 Å². The molecule has 1 aromatic carbocycles. The number of nitrogens with zero attached hydrogens (tertiary/aromatic N) is 1. The first kappa shape index (κ1) is 11.4. The number of aromatic nitrogens is 1. The number of hydrogen-bond acceptors (Lipinski definition) is 2. The van der Waals surface area contributed by atoms with Crippen LogP contribution in [0.4, 0.5) is 0 Å². The zero-order valence-electron chi connectivity index (χ0n) is 9.59. The molecule has 88 valence electrons. The number of aromatic amines is 1. The average molecular weight is 230 g/mol. The summed E-state index contributed by atoms with van der Waals surface area (Å²) in [5.74, 6) is -0.183. The van der Waals surface area contributed by atoms with Crippen molar-refractivity contribution >= 4 is 0 Å². The Kier molecular flexibility index (Phi) is 3.23. The number of rotatable bonds is 4. The standard InChI is InChI=1S/C13H14N2O2/c1-10-12(7-8-14-10)13(9-15(16)17)11-5-3-2-4-6-11/h2-8,13-14H,9H2,1H3. The minimum atomic E-state index is -0.260.